The van der Waals surface area contributed by atoms with E-state index < -0.39 is 15.8 Å². The Morgan fingerprint density at radius 3 is 2.55 bits per heavy atom. The van der Waals surface area contributed by atoms with Crippen molar-refractivity contribution >= 4 is 31.6 Å². The van der Waals surface area contributed by atoms with E-state index >= 15 is 0 Å². The maximum Gasteiger partial charge on any atom is 0.245 e. The van der Waals surface area contributed by atoms with Crippen molar-refractivity contribution < 1.29 is 17.5 Å². The van der Waals surface area contributed by atoms with Crippen LogP contribution < -0.4 is 5.73 Å². The number of hydrogen-bond donors (Lipinski definition) is 1. The summed E-state index contributed by atoms with van der Waals surface area (Å²) in [4.78, 5) is -0.0679. The van der Waals surface area contributed by atoms with Crippen molar-refractivity contribution in [3.8, 4) is 0 Å². The minimum atomic E-state index is -3.71. The monoisotopic (exact) mass is 366 g/mol. The number of methoxy groups -OCH3 is 1. The summed E-state index contributed by atoms with van der Waals surface area (Å²) in [6, 6.07) is 2.22. The van der Waals surface area contributed by atoms with E-state index in [0.717, 1.165) is 6.07 Å². The number of sulfonamides is 1. The van der Waals surface area contributed by atoms with Crippen molar-refractivity contribution in [2.75, 3.05) is 25.9 Å². The molecule has 1 aliphatic heterocycles. The molecule has 0 aromatic heterocycles. The SMILES string of the molecule is COC1CCN(S(=O)(=O)c2cc(Br)c(F)cc2N)CC1. The third-order valence-electron chi connectivity index (χ3n) is 3.40. The third kappa shape index (κ3) is 2.98. The number of rotatable bonds is 3. The zero-order valence-electron chi connectivity index (χ0n) is 11.0. The normalized spacial score (nSPS) is 18.4. The number of halogens is 2. The second-order valence-corrected chi connectivity index (χ2v) is 7.40. The minimum absolute atomic E-state index is 0.0679. The summed E-state index contributed by atoms with van der Waals surface area (Å²) in [5.41, 5.74) is 5.56. The van der Waals surface area contributed by atoms with E-state index in [1.54, 1.807) is 7.11 Å². The molecule has 1 aromatic rings. The fourth-order valence-electron chi connectivity index (χ4n) is 2.21. The molecule has 0 bridgehead atoms. The van der Waals surface area contributed by atoms with Crippen LogP contribution >= 0.6 is 15.9 Å². The highest BCUT2D eigenvalue weighted by Gasteiger charge is 2.31. The molecule has 1 fully saturated rings. The van der Waals surface area contributed by atoms with Gasteiger partial charge in [-0.25, -0.2) is 12.8 Å². The molecular weight excluding hydrogens is 351 g/mol. The summed E-state index contributed by atoms with van der Waals surface area (Å²) < 4.78 is 45.0. The summed E-state index contributed by atoms with van der Waals surface area (Å²) in [5.74, 6) is -0.584. The van der Waals surface area contributed by atoms with Gasteiger partial charge in [-0.1, -0.05) is 0 Å². The number of nitrogens with two attached hydrogens (primary N) is 1. The molecule has 0 aliphatic carbocycles. The standard InChI is InChI=1S/C12H16BrFN2O3S/c1-19-8-2-4-16(5-3-8)20(17,18)12-6-9(13)10(14)7-11(12)15/h6-8H,2-5,15H2,1H3. The number of hydrogen-bond acceptors (Lipinski definition) is 4. The number of nitrogens with zero attached hydrogens (tertiary/aromatic N) is 1. The van der Waals surface area contributed by atoms with Crippen LogP contribution in [0.15, 0.2) is 21.5 Å². The molecule has 1 heterocycles. The van der Waals surface area contributed by atoms with Crippen molar-refractivity contribution in [2.24, 2.45) is 0 Å². The smallest absolute Gasteiger partial charge is 0.245 e. The first-order valence-corrected chi connectivity index (χ1v) is 8.37. The van der Waals surface area contributed by atoms with E-state index in [1.807, 2.05) is 0 Å². The van der Waals surface area contributed by atoms with Gasteiger partial charge in [-0.05, 0) is 40.9 Å². The van der Waals surface area contributed by atoms with E-state index in [9.17, 15) is 12.8 Å². The Labute approximate surface area is 126 Å². The summed E-state index contributed by atoms with van der Waals surface area (Å²) in [6.07, 6.45) is 1.36. The van der Waals surface area contributed by atoms with Crippen molar-refractivity contribution in [3.05, 3.63) is 22.4 Å². The molecule has 8 heteroatoms. The van der Waals surface area contributed by atoms with E-state index in [1.165, 1.54) is 10.4 Å². The Bertz CT molecular complexity index is 601. The van der Waals surface area contributed by atoms with Gasteiger partial charge in [0.15, 0.2) is 0 Å². The zero-order chi connectivity index (χ0) is 14.9. The Kier molecular flexibility index (Phi) is 4.68. The van der Waals surface area contributed by atoms with Gasteiger partial charge in [0, 0.05) is 20.2 Å². The number of benzene rings is 1. The van der Waals surface area contributed by atoms with Crippen molar-refractivity contribution in [3.63, 3.8) is 0 Å². The Morgan fingerprint density at radius 1 is 1.40 bits per heavy atom. The number of ether oxygens (including phenoxy) is 1. The molecule has 20 heavy (non-hydrogen) atoms. The average molecular weight is 367 g/mol. The lowest BCUT2D eigenvalue weighted by atomic mass is 10.1. The van der Waals surface area contributed by atoms with Gasteiger partial charge in [0.1, 0.15) is 10.7 Å². The molecule has 0 saturated carbocycles. The predicted molar refractivity (Wildman–Crippen MR) is 77.3 cm³/mol. The fraction of sp³-hybridized carbons (Fsp3) is 0.500. The number of piperidine rings is 1. The van der Waals surface area contributed by atoms with E-state index in [4.69, 9.17) is 10.5 Å². The van der Waals surface area contributed by atoms with Gasteiger partial charge in [-0.15, -0.1) is 0 Å². The first-order valence-electron chi connectivity index (χ1n) is 6.13. The Hall–Kier alpha value is -0.700. The summed E-state index contributed by atoms with van der Waals surface area (Å²) >= 11 is 2.98. The fourth-order valence-corrected chi connectivity index (χ4v) is 4.30. The summed E-state index contributed by atoms with van der Waals surface area (Å²) in [5, 5.41) is 0. The lowest BCUT2D eigenvalue weighted by Crippen LogP contribution is -2.40. The number of anilines is 1. The highest BCUT2D eigenvalue weighted by atomic mass is 79.9. The van der Waals surface area contributed by atoms with E-state index in [0.29, 0.717) is 25.9 Å². The van der Waals surface area contributed by atoms with Crippen LogP contribution in [-0.2, 0) is 14.8 Å². The molecule has 0 spiro atoms. The van der Waals surface area contributed by atoms with Gasteiger partial charge in [-0.3, -0.25) is 0 Å². The van der Waals surface area contributed by atoms with Crippen LogP contribution in [0.2, 0.25) is 0 Å². The van der Waals surface area contributed by atoms with Crippen molar-refractivity contribution in [2.45, 2.75) is 23.8 Å². The van der Waals surface area contributed by atoms with E-state index in [2.05, 4.69) is 15.9 Å². The van der Waals surface area contributed by atoms with Crippen LogP contribution in [0.5, 0.6) is 0 Å². The largest absolute Gasteiger partial charge is 0.398 e. The summed E-state index contributed by atoms with van der Waals surface area (Å²) in [6.45, 7) is 0.741. The molecule has 2 rings (SSSR count). The second kappa shape index (κ2) is 5.97. The lowest BCUT2D eigenvalue weighted by Gasteiger charge is -2.30. The lowest BCUT2D eigenvalue weighted by molar-refractivity contribution is 0.0604. The predicted octanol–water partition coefficient (Wildman–Crippen LogP) is 1.97. The molecule has 112 valence electrons. The third-order valence-corrected chi connectivity index (χ3v) is 5.97. The van der Waals surface area contributed by atoms with Gasteiger partial charge in [0.05, 0.1) is 16.3 Å². The quantitative estimate of drug-likeness (QED) is 0.830. The molecule has 0 unspecified atom stereocenters. The molecule has 0 radical (unpaired) electrons. The molecule has 0 amide bonds. The molecule has 2 N–H and O–H groups in total. The van der Waals surface area contributed by atoms with Crippen LogP contribution in [0.1, 0.15) is 12.8 Å². The van der Waals surface area contributed by atoms with Crippen LogP contribution in [0.3, 0.4) is 0 Å². The summed E-state index contributed by atoms with van der Waals surface area (Å²) in [7, 11) is -2.09. The van der Waals surface area contributed by atoms with Crippen LogP contribution in [-0.4, -0.2) is 39.0 Å². The van der Waals surface area contributed by atoms with Crippen molar-refractivity contribution in [1.82, 2.24) is 4.31 Å². The van der Waals surface area contributed by atoms with Crippen molar-refractivity contribution in [1.29, 1.82) is 0 Å². The van der Waals surface area contributed by atoms with E-state index in [-0.39, 0.29) is 21.2 Å². The van der Waals surface area contributed by atoms with Gasteiger partial charge in [-0.2, -0.15) is 4.31 Å². The first-order chi connectivity index (χ1) is 9.36. The minimum Gasteiger partial charge on any atom is -0.398 e. The van der Waals surface area contributed by atoms with Gasteiger partial charge in [0.2, 0.25) is 10.0 Å². The highest BCUT2D eigenvalue weighted by Crippen LogP contribution is 2.30. The Morgan fingerprint density at radius 2 is 2.00 bits per heavy atom. The zero-order valence-corrected chi connectivity index (χ0v) is 13.4. The molecule has 1 saturated heterocycles. The first kappa shape index (κ1) is 15.7. The van der Waals surface area contributed by atoms with Crippen LogP contribution in [0.25, 0.3) is 0 Å². The maximum absolute atomic E-state index is 13.3. The molecule has 0 atom stereocenters. The topological polar surface area (TPSA) is 72.6 Å². The van der Waals surface area contributed by atoms with Crippen LogP contribution in [0, 0.1) is 5.82 Å². The Balaban J connectivity index is 2.30. The van der Waals surface area contributed by atoms with Gasteiger partial charge in [0.25, 0.3) is 0 Å². The highest BCUT2D eigenvalue weighted by molar-refractivity contribution is 9.10. The van der Waals surface area contributed by atoms with Gasteiger partial charge < -0.3 is 10.5 Å². The maximum atomic E-state index is 13.3. The molecular formula is C12H16BrFN2O3S. The van der Waals surface area contributed by atoms with Crippen LogP contribution in [0.4, 0.5) is 10.1 Å². The molecule has 5 nitrogen and oxygen atoms in total. The molecule has 1 aliphatic rings. The number of nitrogen functional groups attached to an aromatic ring is 1. The second-order valence-electron chi connectivity index (χ2n) is 4.64. The average Bonchev–Trinajstić information content (AvgIpc) is 2.42. The molecule has 1 aromatic carbocycles. The van der Waals surface area contributed by atoms with Gasteiger partial charge >= 0.3 is 0 Å².